The van der Waals surface area contributed by atoms with Crippen LogP contribution in [0.3, 0.4) is 0 Å². The van der Waals surface area contributed by atoms with Gasteiger partial charge in [-0.2, -0.15) is 0 Å². The van der Waals surface area contributed by atoms with E-state index in [1.165, 1.54) is 11.8 Å². The number of benzene rings is 2. The molecule has 0 aliphatic carbocycles. The molecule has 3 aromatic rings. The minimum Gasteiger partial charge on any atom is -0.497 e. The van der Waals surface area contributed by atoms with Gasteiger partial charge in [0.05, 0.1) is 24.5 Å². The van der Waals surface area contributed by atoms with Crippen LogP contribution in [0.25, 0.3) is 0 Å². The Balaban J connectivity index is 1.57. The van der Waals surface area contributed by atoms with Gasteiger partial charge in [0.1, 0.15) is 5.75 Å². The third-order valence-electron chi connectivity index (χ3n) is 4.43. The predicted octanol–water partition coefficient (Wildman–Crippen LogP) is 3.81. The molecule has 3 rings (SSSR count). The number of nitrogens with one attached hydrogen (secondary N) is 2. The van der Waals surface area contributed by atoms with Gasteiger partial charge in [-0.3, -0.25) is 9.59 Å². The van der Waals surface area contributed by atoms with Crippen LogP contribution in [0.5, 0.6) is 5.75 Å². The minimum atomic E-state index is -0.361. The first-order chi connectivity index (χ1) is 14.9. The largest absolute Gasteiger partial charge is 0.497 e. The van der Waals surface area contributed by atoms with Gasteiger partial charge in [-0.1, -0.05) is 23.9 Å². The summed E-state index contributed by atoms with van der Waals surface area (Å²) in [7, 11) is 3.40. The smallest absolute Gasteiger partial charge is 0.253 e. The number of carbonyl (C=O) groups is 2. The maximum atomic E-state index is 12.5. The van der Waals surface area contributed by atoms with E-state index in [9.17, 15) is 9.59 Å². The fourth-order valence-electron chi connectivity index (χ4n) is 2.81. The van der Waals surface area contributed by atoms with Crippen LogP contribution in [0.15, 0.2) is 58.2 Å². The Labute approximate surface area is 192 Å². The van der Waals surface area contributed by atoms with Gasteiger partial charge in [0, 0.05) is 17.2 Å². The number of anilines is 1. The highest BCUT2D eigenvalue weighted by Gasteiger charge is 2.20. The first-order valence-electron chi connectivity index (χ1n) is 9.40. The van der Waals surface area contributed by atoms with Gasteiger partial charge in [-0.05, 0) is 59.3 Å². The van der Waals surface area contributed by atoms with E-state index in [1.807, 2.05) is 19.1 Å². The highest BCUT2D eigenvalue weighted by molar-refractivity contribution is 9.10. The molecule has 0 bridgehead atoms. The van der Waals surface area contributed by atoms with Crippen LogP contribution in [0, 0.1) is 0 Å². The minimum absolute atomic E-state index is 0.157. The summed E-state index contributed by atoms with van der Waals surface area (Å²) in [4.78, 5) is 24.8. The van der Waals surface area contributed by atoms with Gasteiger partial charge in [0.25, 0.3) is 5.91 Å². The van der Waals surface area contributed by atoms with E-state index in [0.29, 0.717) is 22.2 Å². The molecule has 10 heteroatoms. The number of hydrogen-bond acceptors (Lipinski definition) is 6. The number of ether oxygens (including phenoxy) is 1. The summed E-state index contributed by atoms with van der Waals surface area (Å²) < 4.78 is 7.60. The fourth-order valence-corrected chi connectivity index (χ4v) is 4.00. The Morgan fingerprint density at radius 1 is 1.16 bits per heavy atom. The summed E-state index contributed by atoms with van der Waals surface area (Å²) in [6.45, 7) is 1.84. The highest BCUT2D eigenvalue weighted by Crippen LogP contribution is 2.21. The van der Waals surface area contributed by atoms with Gasteiger partial charge < -0.3 is 19.9 Å². The number of hydrogen-bond donors (Lipinski definition) is 2. The summed E-state index contributed by atoms with van der Waals surface area (Å²) >= 11 is 4.66. The number of thioether (sulfide) groups is 1. The molecule has 0 saturated heterocycles. The molecule has 0 radical (unpaired) electrons. The van der Waals surface area contributed by atoms with Crippen LogP contribution >= 0.6 is 27.7 Å². The zero-order valence-corrected chi connectivity index (χ0v) is 19.7. The Morgan fingerprint density at radius 2 is 1.87 bits per heavy atom. The standard InChI is InChI=1S/C21H22BrN5O3S/c1-13(23-20(29)16-6-4-5-7-17(16)22)19-25-26-21(27(19)2)31-12-18(28)24-14-8-10-15(30-3)11-9-14/h4-11,13H,12H2,1-3H3,(H,23,29)(H,24,28). The molecule has 8 nitrogen and oxygen atoms in total. The first-order valence-corrected chi connectivity index (χ1v) is 11.2. The number of nitrogens with zero attached hydrogens (tertiary/aromatic N) is 3. The lowest BCUT2D eigenvalue weighted by Crippen LogP contribution is -2.28. The Hall–Kier alpha value is -2.85. The maximum absolute atomic E-state index is 12.5. The molecule has 1 aromatic heterocycles. The van der Waals surface area contributed by atoms with Gasteiger partial charge in [-0.15, -0.1) is 10.2 Å². The van der Waals surface area contributed by atoms with Crippen molar-refractivity contribution in [3.63, 3.8) is 0 Å². The predicted molar refractivity (Wildman–Crippen MR) is 123 cm³/mol. The summed E-state index contributed by atoms with van der Waals surface area (Å²) in [5.74, 6) is 1.12. The third-order valence-corrected chi connectivity index (χ3v) is 6.14. The number of amides is 2. The van der Waals surface area contributed by atoms with Crippen molar-refractivity contribution in [2.24, 2.45) is 7.05 Å². The molecule has 0 saturated carbocycles. The molecular formula is C21H22BrN5O3S. The van der Waals surface area contributed by atoms with E-state index >= 15 is 0 Å². The van der Waals surface area contributed by atoms with Crippen LogP contribution in [0.4, 0.5) is 5.69 Å². The van der Waals surface area contributed by atoms with E-state index in [-0.39, 0.29) is 23.6 Å². The van der Waals surface area contributed by atoms with Crippen molar-refractivity contribution < 1.29 is 14.3 Å². The number of methoxy groups -OCH3 is 1. The summed E-state index contributed by atoms with van der Waals surface area (Å²) in [5, 5.41) is 14.7. The fraction of sp³-hybridized carbons (Fsp3) is 0.238. The second-order valence-corrected chi connectivity index (χ2v) is 8.44. The Morgan fingerprint density at radius 3 is 2.55 bits per heavy atom. The van der Waals surface area contributed by atoms with Crippen molar-refractivity contribution >= 4 is 45.2 Å². The van der Waals surface area contributed by atoms with Crippen LogP contribution in [0.1, 0.15) is 29.1 Å². The first kappa shape index (κ1) is 22.8. The molecule has 0 aliphatic heterocycles. The Kier molecular flexibility index (Phi) is 7.69. The topological polar surface area (TPSA) is 98.1 Å². The molecule has 0 fully saturated rings. The zero-order valence-electron chi connectivity index (χ0n) is 17.3. The normalized spacial score (nSPS) is 11.6. The van der Waals surface area contributed by atoms with Crippen LogP contribution < -0.4 is 15.4 Å². The van der Waals surface area contributed by atoms with Gasteiger partial charge in [0.2, 0.25) is 5.91 Å². The van der Waals surface area contributed by atoms with Gasteiger partial charge in [0.15, 0.2) is 11.0 Å². The molecule has 1 heterocycles. The van der Waals surface area contributed by atoms with Crippen LogP contribution in [0.2, 0.25) is 0 Å². The van der Waals surface area contributed by atoms with Crippen molar-refractivity contribution in [2.45, 2.75) is 18.1 Å². The number of rotatable bonds is 8. The second kappa shape index (κ2) is 10.5. The molecule has 31 heavy (non-hydrogen) atoms. The van der Waals surface area contributed by atoms with Crippen molar-refractivity contribution in [2.75, 3.05) is 18.2 Å². The maximum Gasteiger partial charge on any atom is 0.253 e. The third kappa shape index (κ3) is 5.86. The van der Waals surface area contributed by atoms with E-state index in [0.717, 1.165) is 10.2 Å². The number of aromatic nitrogens is 3. The van der Waals surface area contributed by atoms with Crippen LogP contribution in [-0.2, 0) is 11.8 Å². The molecule has 2 N–H and O–H groups in total. The number of halogens is 1. The van der Waals surface area contributed by atoms with E-state index in [2.05, 4.69) is 36.8 Å². The lowest BCUT2D eigenvalue weighted by atomic mass is 10.2. The summed E-state index contributed by atoms with van der Waals surface area (Å²) in [5.41, 5.74) is 1.23. The lowest BCUT2D eigenvalue weighted by Gasteiger charge is -2.14. The average Bonchev–Trinajstić information content (AvgIpc) is 3.13. The van der Waals surface area contributed by atoms with Crippen LogP contribution in [-0.4, -0.2) is 39.4 Å². The summed E-state index contributed by atoms with van der Waals surface area (Å²) in [6, 6.07) is 14.0. The van der Waals surface area contributed by atoms with E-state index < -0.39 is 0 Å². The molecule has 1 atom stereocenters. The van der Waals surface area contributed by atoms with E-state index in [4.69, 9.17) is 4.74 Å². The van der Waals surface area contributed by atoms with Crippen molar-refractivity contribution in [1.82, 2.24) is 20.1 Å². The summed E-state index contributed by atoms with van der Waals surface area (Å²) in [6.07, 6.45) is 0. The van der Waals surface area contributed by atoms with Gasteiger partial charge in [-0.25, -0.2) is 0 Å². The molecule has 1 unspecified atom stereocenters. The van der Waals surface area contributed by atoms with Crippen molar-refractivity contribution in [3.8, 4) is 5.75 Å². The van der Waals surface area contributed by atoms with Gasteiger partial charge >= 0.3 is 0 Å². The average molecular weight is 504 g/mol. The molecular weight excluding hydrogens is 482 g/mol. The molecule has 0 aliphatic rings. The van der Waals surface area contributed by atoms with E-state index in [1.54, 1.807) is 55.1 Å². The second-order valence-electron chi connectivity index (χ2n) is 6.64. The monoisotopic (exact) mass is 503 g/mol. The molecule has 2 aromatic carbocycles. The molecule has 2 amide bonds. The molecule has 0 spiro atoms. The Bertz CT molecular complexity index is 1070. The number of carbonyl (C=O) groups excluding carboxylic acids is 2. The quantitative estimate of drug-likeness (QED) is 0.453. The lowest BCUT2D eigenvalue weighted by molar-refractivity contribution is -0.113. The van der Waals surface area contributed by atoms with Crippen molar-refractivity contribution in [1.29, 1.82) is 0 Å². The SMILES string of the molecule is COc1ccc(NC(=O)CSc2nnc(C(C)NC(=O)c3ccccc3Br)n2C)cc1. The zero-order chi connectivity index (χ0) is 22.4. The molecule has 162 valence electrons. The van der Waals surface area contributed by atoms with Crippen molar-refractivity contribution in [3.05, 3.63) is 64.4 Å². The highest BCUT2D eigenvalue weighted by atomic mass is 79.9.